The Bertz CT molecular complexity index is 608. The molecule has 0 saturated heterocycles. The number of nitrogens with zero attached hydrogens (tertiary/aromatic N) is 3. The summed E-state index contributed by atoms with van der Waals surface area (Å²) in [5.74, 6) is 1.37. The Hall–Kier alpha value is -1.71. The number of anilines is 1. The van der Waals surface area contributed by atoms with Gasteiger partial charge in [0.25, 0.3) is 0 Å². The molecule has 136 valence electrons. The summed E-state index contributed by atoms with van der Waals surface area (Å²) in [4.78, 5) is 8.98. The van der Waals surface area contributed by atoms with Crippen LogP contribution in [0.3, 0.4) is 0 Å². The molecule has 1 heterocycles. The highest BCUT2D eigenvalue weighted by molar-refractivity contribution is 5.37. The summed E-state index contributed by atoms with van der Waals surface area (Å²) in [7, 11) is 1.77. The van der Waals surface area contributed by atoms with E-state index in [0.29, 0.717) is 35.5 Å². The van der Waals surface area contributed by atoms with Crippen molar-refractivity contribution in [3.8, 4) is 6.07 Å². The normalized spacial score (nSPS) is 29.3. The van der Waals surface area contributed by atoms with Gasteiger partial charge in [0.1, 0.15) is 6.07 Å². The van der Waals surface area contributed by atoms with Gasteiger partial charge < -0.3 is 15.2 Å². The minimum atomic E-state index is 0.228. The van der Waals surface area contributed by atoms with Gasteiger partial charge in [0.05, 0.1) is 23.6 Å². The van der Waals surface area contributed by atoms with Gasteiger partial charge in [0.2, 0.25) is 5.95 Å². The molecular formula is C19H28N4O2. The van der Waals surface area contributed by atoms with Gasteiger partial charge in [0.15, 0.2) is 0 Å². The fourth-order valence-corrected chi connectivity index (χ4v) is 4.23. The number of rotatable bonds is 6. The van der Waals surface area contributed by atoms with Gasteiger partial charge >= 0.3 is 0 Å². The fourth-order valence-electron chi connectivity index (χ4n) is 4.23. The maximum atomic E-state index is 9.53. The van der Waals surface area contributed by atoms with E-state index < -0.39 is 0 Å². The molecule has 2 N–H and O–H groups in total. The summed E-state index contributed by atoms with van der Waals surface area (Å²) in [6.07, 6.45) is 10.3. The molecule has 1 aromatic rings. The molecule has 2 aliphatic rings. The van der Waals surface area contributed by atoms with Crippen LogP contribution in [0.25, 0.3) is 0 Å². The van der Waals surface area contributed by atoms with E-state index in [1.54, 1.807) is 13.3 Å². The number of aromatic nitrogens is 2. The molecule has 0 bridgehead atoms. The number of hydrogen-bond acceptors (Lipinski definition) is 6. The number of aliphatic hydroxyl groups excluding tert-OH is 1. The Morgan fingerprint density at radius 3 is 2.68 bits per heavy atom. The van der Waals surface area contributed by atoms with Crippen molar-refractivity contribution < 1.29 is 9.84 Å². The van der Waals surface area contributed by atoms with Crippen LogP contribution in [0.4, 0.5) is 5.95 Å². The van der Waals surface area contributed by atoms with Gasteiger partial charge in [-0.05, 0) is 56.8 Å². The van der Waals surface area contributed by atoms with Gasteiger partial charge in [-0.3, -0.25) is 0 Å². The fraction of sp³-hybridized carbons (Fsp3) is 0.737. The van der Waals surface area contributed by atoms with Crippen molar-refractivity contribution in [3.63, 3.8) is 0 Å². The van der Waals surface area contributed by atoms with Gasteiger partial charge in [-0.1, -0.05) is 6.42 Å². The molecule has 1 aromatic heterocycles. The van der Waals surface area contributed by atoms with Crippen LogP contribution in [-0.4, -0.2) is 40.9 Å². The predicted molar refractivity (Wildman–Crippen MR) is 95.0 cm³/mol. The monoisotopic (exact) mass is 344 g/mol. The van der Waals surface area contributed by atoms with Crippen LogP contribution in [0.15, 0.2) is 6.20 Å². The van der Waals surface area contributed by atoms with E-state index in [9.17, 15) is 10.4 Å². The molecule has 0 aromatic carbocycles. The van der Waals surface area contributed by atoms with E-state index in [1.165, 1.54) is 0 Å². The van der Waals surface area contributed by atoms with E-state index >= 15 is 0 Å². The highest BCUT2D eigenvalue weighted by Crippen LogP contribution is 2.34. The summed E-state index contributed by atoms with van der Waals surface area (Å²) in [6, 6.07) is 2.58. The van der Waals surface area contributed by atoms with Crippen molar-refractivity contribution in [2.24, 2.45) is 11.8 Å². The maximum absolute atomic E-state index is 9.53. The van der Waals surface area contributed by atoms with Gasteiger partial charge in [0, 0.05) is 19.8 Å². The molecular weight excluding hydrogens is 316 g/mol. The molecule has 2 atom stereocenters. The molecule has 0 radical (unpaired) electrons. The number of nitriles is 1. The highest BCUT2D eigenvalue weighted by atomic mass is 16.5. The largest absolute Gasteiger partial charge is 0.396 e. The van der Waals surface area contributed by atoms with Crippen LogP contribution in [0.2, 0.25) is 0 Å². The Kier molecular flexibility index (Phi) is 6.22. The third kappa shape index (κ3) is 4.47. The average molecular weight is 344 g/mol. The van der Waals surface area contributed by atoms with Crippen LogP contribution < -0.4 is 5.32 Å². The second-order valence-electron chi connectivity index (χ2n) is 7.36. The first-order valence-electron chi connectivity index (χ1n) is 9.39. The van der Waals surface area contributed by atoms with E-state index in [2.05, 4.69) is 21.4 Å². The lowest BCUT2D eigenvalue weighted by Crippen LogP contribution is -2.30. The lowest BCUT2D eigenvalue weighted by Gasteiger charge is -2.28. The first-order chi connectivity index (χ1) is 12.2. The number of aliphatic hydroxyl groups is 1. The van der Waals surface area contributed by atoms with Gasteiger partial charge in [-0.2, -0.15) is 5.26 Å². The molecule has 3 rings (SSSR count). The standard InChI is InChI=1S/C19H28N4O2/c1-25-17-7-5-16(6-8-17)22-19-21-11-15(10-20)18(23-19)9-13-3-2-4-14(13)12-24/h11,13-14,16-17,24H,2-9,12H2,1H3,(H,21,22,23)/t13?,14-,16?,17?/m1/s1. The number of ether oxygens (including phenoxy) is 1. The zero-order valence-corrected chi connectivity index (χ0v) is 14.9. The van der Waals surface area contributed by atoms with Crippen molar-refractivity contribution in [2.45, 2.75) is 63.5 Å². The minimum absolute atomic E-state index is 0.228. The Balaban J connectivity index is 1.67. The van der Waals surface area contributed by atoms with Crippen LogP contribution in [0.5, 0.6) is 0 Å². The van der Waals surface area contributed by atoms with E-state index in [4.69, 9.17) is 4.74 Å². The smallest absolute Gasteiger partial charge is 0.223 e. The molecule has 2 fully saturated rings. The summed E-state index contributed by atoms with van der Waals surface area (Å²) in [5, 5.41) is 22.3. The average Bonchev–Trinajstić information content (AvgIpc) is 3.10. The van der Waals surface area contributed by atoms with Crippen LogP contribution in [0, 0.1) is 23.2 Å². The van der Waals surface area contributed by atoms with Crippen molar-refractivity contribution in [3.05, 3.63) is 17.5 Å². The summed E-state index contributed by atoms with van der Waals surface area (Å²) in [5.41, 5.74) is 1.37. The lowest BCUT2D eigenvalue weighted by atomic mass is 9.91. The van der Waals surface area contributed by atoms with Crippen molar-refractivity contribution in [1.29, 1.82) is 5.26 Å². The second kappa shape index (κ2) is 8.59. The number of hydrogen-bond donors (Lipinski definition) is 2. The van der Waals surface area contributed by atoms with Crippen molar-refractivity contribution >= 4 is 5.95 Å². The van der Waals surface area contributed by atoms with Crippen molar-refractivity contribution in [2.75, 3.05) is 19.0 Å². The topological polar surface area (TPSA) is 91.1 Å². The Morgan fingerprint density at radius 1 is 1.24 bits per heavy atom. The molecule has 1 unspecified atom stereocenters. The van der Waals surface area contributed by atoms with E-state index in [-0.39, 0.29) is 6.61 Å². The van der Waals surface area contributed by atoms with Gasteiger partial charge in [-0.25, -0.2) is 9.97 Å². The number of methoxy groups -OCH3 is 1. The third-order valence-electron chi connectivity index (χ3n) is 5.84. The Labute approximate surface area is 149 Å². The summed E-state index contributed by atoms with van der Waals surface area (Å²) in [6.45, 7) is 0.228. The van der Waals surface area contributed by atoms with E-state index in [0.717, 1.165) is 57.1 Å². The molecule has 25 heavy (non-hydrogen) atoms. The van der Waals surface area contributed by atoms with Gasteiger partial charge in [-0.15, -0.1) is 0 Å². The molecule has 2 saturated carbocycles. The van der Waals surface area contributed by atoms with E-state index in [1.807, 2.05) is 0 Å². The van der Waals surface area contributed by atoms with Crippen molar-refractivity contribution in [1.82, 2.24) is 9.97 Å². The summed E-state index contributed by atoms with van der Waals surface area (Å²) >= 11 is 0. The highest BCUT2D eigenvalue weighted by Gasteiger charge is 2.28. The first kappa shape index (κ1) is 18.1. The molecule has 0 aliphatic heterocycles. The molecule has 2 aliphatic carbocycles. The molecule has 6 nitrogen and oxygen atoms in total. The molecule has 6 heteroatoms. The predicted octanol–water partition coefficient (Wildman–Crippen LogP) is 2.67. The second-order valence-corrected chi connectivity index (χ2v) is 7.36. The SMILES string of the molecule is COC1CCC(Nc2ncc(C#N)c(CC3CCC[C@@H]3CO)n2)CC1. The minimum Gasteiger partial charge on any atom is -0.396 e. The number of nitrogens with one attached hydrogen (secondary N) is 1. The quantitative estimate of drug-likeness (QED) is 0.824. The van der Waals surface area contributed by atoms with Crippen LogP contribution in [0.1, 0.15) is 56.2 Å². The maximum Gasteiger partial charge on any atom is 0.223 e. The third-order valence-corrected chi connectivity index (χ3v) is 5.84. The lowest BCUT2D eigenvalue weighted by molar-refractivity contribution is 0.0681. The molecule has 0 spiro atoms. The molecule has 0 amide bonds. The zero-order valence-electron chi connectivity index (χ0n) is 14.9. The first-order valence-corrected chi connectivity index (χ1v) is 9.39. The summed E-state index contributed by atoms with van der Waals surface area (Å²) < 4.78 is 5.42. The van der Waals surface area contributed by atoms with Crippen LogP contribution in [-0.2, 0) is 11.2 Å². The Morgan fingerprint density at radius 2 is 2.00 bits per heavy atom. The zero-order chi connectivity index (χ0) is 17.6. The van der Waals surface area contributed by atoms with Crippen LogP contribution >= 0.6 is 0 Å².